The summed E-state index contributed by atoms with van der Waals surface area (Å²) in [6, 6.07) is 9.53. The molecule has 0 heterocycles. The predicted octanol–water partition coefficient (Wildman–Crippen LogP) is 2.49. The number of nitrogens with zero attached hydrogens (tertiary/aromatic N) is 1. The number of halogens is 1. The van der Waals surface area contributed by atoms with E-state index in [1.54, 1.807) is 19.1 Å². The van der Waals surface area contributed by atoms with Crippen LogP contribution in [0.25, 0.3) is 0 Å². The fraction of sp³-hybridized carbons (Fsp3) is 0.263. The summed E-state index contributed by atoms with van der Waals surface area (Å²) >= 11 is 0. The zero-order valence-corrected chi connectivity index (χ0v) is 16.0. The third kappa shape index (κ3) is 5.21. The highest BCUT2D eigenvalue weighted by Gasteiger charge is 2.24. The highest BCUT2D eigenvalue weighted by atomic mass is 32.2. The van der Waals surface area contributed by atoms with Gasteiger partial charge in [0.1, 0.15) is 12.4 Å². The maximum absolute atomic E-state index is 12.9. The molecule has 0 amide bonds. The Morgan fingerprint density at radius 1 is 1.07 bits per heavy atom. The summed E-state index contributed by atoms with van der Waals surface area (Å²) in [4.78, 5) is 23.9. The molecule has 0 atom stereocenters. The van der Waals surface area contributed by atoms with E-state index in [2.05, 4.69) is 0 Å². The van der Waals surface area contributed by atoms with E-state index in [1.807, 2.05) is 13.0 Å². The smallest absolute Gasteiger partial charge is 0.321 e. The summed E-state index contributed by atoms with van der Waals surface area (Å²) in [7, 11) is -2.77. The van der Waals surface area contributed by atoms with Crippen LogP contribution in [0, 0.1) is 19.7 Å². The van der Waals surface area contributed by atoms with Crippen LogP contribution in [-0.4, -0.2) is 44.7 Å². The minimum atomic E-state index is -3.97. The van der Waals surface area contributed by atoms with Gasteiger partial charge in [0.05, 0.1) is 4.90 Å². The molecule has 0 N–H and O–H groups in total. The Morgan fingerprint density at radius 3 is 2.30 bits per heavy atom. The van der Waals surface area contributed by atoms with Crippen molar-refractivity contribution in [3.63, 3.8) is 0 Å². The van der Waals surface area contributed by atoms with Gasteiger partial charge in [0, 0.05) is 12.6 Å². The Kier molecular flexibility index (Phi) is 6.45. The summed E-state index contributed by atoms with van der Waals surface area (Å²) in [6.07, 6.45) is 0. The van der Waals surface area contributed by atoms with Crippen LogP contribution in [0.2, 0.25) is 0 Å². The van der Waals surface area contributed by atoms with E-state index in [1.165, 1.54) is 7.05 Å². The van der Waals surface area contributed by atoms with Crippen LogP contribution in [0.3, 0.4) is 0 Å². The SMILES string of the molecule is Cc1ccc(C(=O)COC(=O)CN(C)S(=O)(=O)c2ccc(F)cc2)c(C)c1. The topological polar surface area (TPSA) is 80.8 Å². The molecule has 2 aromatic rings. The van der Waals surface area contributed by atoms with Crippen LogP contribution >= 0.6 is 0 Å². The molecule has 0 aliphatic carbocycles. The number of hydrogen-bond donors (Lipinski definition) is 0. The molecule has 0 unspecified atom stereocenters. The van der Waals surface area contributed by atoms with Crippen LogP contribution in [0.4, 0.5) is 4.39 Å². The zero-order chi connectivity index (χ0) is 20.2. The summed E-state index contributed by atoms with van der Waals surface area (Å²) in [5.41, 5.74) is 2.22. The van der Waals surface area contributed by atoms with Gasteiger partial charge in [0.2, 0.25) is 15.8 Å². The van der Waals surface area contributed by atoms with Gasteiger partial charge in [0.25, 0.3) is 0 Å². The lowest BCUT2D eigenvalue weighted by Gasteiger charge is -2.16. The van der Waals surface area contributed by atoms with Gasteiger partial charge >= 0.3 is 5.97 Å². The van der Waals surface area contributed by atoms with Crippen LogP contribution in [0.1, 0.15) is 21.5 Å². The number of Topliss-reactive ketones (excluding diaryl/α,β-unsaturated/α-hetero) is 1. The Labute approximate surface area is 157 Å². The summed E-state index contributed by atoms with van der Waals surface area (Å²) in [5, 5.41) is 0. The molecule has 6 nitrogen and oxygen atoms in total. The molecule has 0 bridgehead atoms. The number of rotatable bonds is 7. The van der Waals surface area contributed by atoms with E-state index >= 15 is 0 Å². The van der Waals surface area contributed by atoms with Crippen LogP contribution in [-0.2, 0) is 19.6 Å². The second-order valence-corrected chi connectivity index (χ2v) is 8.16. The van der Waals surface area contributed by atoms with Gasteiger partial charge in [-0.25, -0.2) is 12.8 Å². The molecule has 0 fully saturated rings. The van der Waals surface area contributed by atoms with E-state index in [4.69, 9.17) is 4.74 Å². The molecular weight excluding hydrogens is 373 g/mol. The van der Waals surface area contributed by atoms with Crippen molar-refractivity contribution >= 4 is 21.8 Å². The standard InChI is InChI=1S/C19H20FNO5S/c1-13-4-9-17(14(2)10-13)18(22)12-26-19(23)11-21(3)27(24,25)16-7-5-15(20)6-8-16/h4-10H,11-12H2,1-3H3. The molecular formula is C19H20FNO5S. The molecule has 0 aromatic heterocycles. The first-order valence-corrected chi connectivity index (χ1v) is 9.53. The van der Waals surface area contributed by atoms with E-state index < -0.39 is 35.0 Å². The largest absolute Gasteiger partial charge is 0.456 e. The Hall–Kier alpha value is -2.58. The van der Waals surface area contributed by atoms with E-state index in [0.717, 1.165) is 39.7 Å². The molecule has 0 spiro atoms. The fourth-order valence-corrected chi connectivity index (χ4v) is 3.56. The molecule has 0 aliphatic heterocycles. The third-order valence-electron chi connectivity index (χ3n) is 3.92. The third-order valence-corrected chi connectivity index (χ3v) is 5.74. The molecule has 2 rings (SSSR count). The number of sulfonamides is 1. The van der Waals surface area contributed by atoms with Crippen molar-refractivity contribution < 1.29 is 27.1 Å². The minimum absolute atomic E-state index is 0.148. The van der Waals surface area contributed by atoms with E-state index in [0.29, 0.717) is 5.56 Å². The highest BCUT2D eigenvalue weighted by molar-refractivity contribution is 7.89. The number of esters is 1. The Bertz CT molecular complexity index is 955. The van der Waals surface area contributed by atoms with Gasteiger partial charge in [-0.2, -0.15) is 4.31 Å². The molecule has 0 saturated carbocycles. The second-order valence-electron chi connectivity index (χ2n) is 6.12. The average molecular weight is 393 g/mol. The maximum Gasteiger partial charge on any atom is 0.321 e. The quantitative estimate of drug-likeness (QED) is 0.533. The lowest BCUT2D eigenvalue weighted by atomic mass is 10.0. The molecule has 27 heavy (non-hydrogen) atoms. The number of aryl methyl sites for hydroxylation is 2. The molecule has 8 heteroatoms. The van der Waals surface area contributed by atoms with Gasteiger partial charge in [0.15, 0.2) is 6.61 Å². The molecule has 2 aromatic carbocycles. The number of hydrogen-bond acceptors (Lipinski definition) is 5. The molecule has 144 valence electrons. The molecule has 0 radical (unpaired) electrons. The van der Waals surface area contributed by atoms with E-state index in [9.17, 15) is 22.4 Å². The number of likely N-dealkylation sites (N-methyl/N-ethyl adjacent to an activating group) is 1. The number of ketones is 1. The van der Waals surface area contributed by atoms with Crippen molar-refractivity contribution in [2.24, 2.45) is 0 Å². The highest BCUT2D eigenvalue weighted by Crippen LogP contribution is 2.15. The van der Waals surface area contributed by atoms with Crippen LogP contribution in [0.15, 0.2) is 47.4 Å². The van der Waals surface area contributed by atoms with Crippen molar-refractivity contribution in [3.8, 4) is 0 Å². The average Bonchev–Trinajstić information content (AvgIpc) is 2.60. The van der Waals surface area contributed by atoms with Crippen LogP contribution in [0.5, 0.6) is 0 Å². The van der Waals surface area contributed by atoms with Gasteiger partial charge in [-0.1, -0.05) is 23.8 Å². The summed E-state index contributed by atoms with van der Waals surface area (Å²) in [5.74, 6) is -1.80. The van der Waals surface area contributed by atoms with E-state index in [-0.39, 0.29) is 10.7 Å². The minimum Gasteiger partial charge on any atom is -0.456 e. The summed E-state index contributed by atoms with van der Waals surface area (Å²) < 4.78 is 43.3. The maximum atomic E-state index is 12.9. The van der Waals surface area contributed by atoms with Gasteiger partial charge < -0.3 is 4.74 Å². The first kappa shape index (κ1) is 20.7. The number of carbonyl (C=O) groups is 2. The normalized spacial score (nSPS) is 11.4. The lowest BCUT2D eigenvalue weighted by Crippen LogP contribution is -2.33. The van der Waals surface area contributed by atoms with Gasteiger partial charge in [-0.15, -0.1) is 0 Å². The monoisotopic (exact) mass is 393 g/mol. The lowest BCUT2D eigenvalue weighted by molar-refractivity contribution is -0.142. The van der Waals surface area contributed by atoms with Crippen molar-refractivity contribution in [2.45, 2.75) is 18.7 Å². The van der Waals surface area contributed by atoms with Crippen molar-refractivity contribution in [1.82, 2.24) is 4.31 Å². The molecule has 0 aliphatic rings. The van der Waals surface area contributed by atoms with Crippen molar-refractivity contribution in [3.05, 3.63) is 65.0 Å². The Morgan fingerprint density at radius 2 is 1.70 bits per heavy atom. The predicted molar refractivity (Wildman–Crippen MR) is 97.4 cm³/mol. The van der Waals surface area contributed by atoms with Gasteiger partial charge in [-0.3, -0.25) is 9.59 Å². The Balaban J connectivity index is 1.96. The van der Waals surface area contributed by atoms with Crippen LogP contribution < -0.4 is 0 Å². The first-order chi connectivity index (χ1) is 12.6. The van der Waals surface area contributed by atoms with Crippen molar-refractivity contribution in [1.29, 1.82) is 0 Å². The second kappa shape index (κ2) is 8.41. The number of benzene rings is 2. The number of ether oxygens (including phenoxy) is 1. The van der Waals surface area contributed by atoms with Gasteiger partial charge in [-0.05, 0) is 43.7 Å². The number of carbonyl (C=O) groups excluding carboxylic acids is 2. The fourth-order valence-electron chi connectivity index (χ4n) is 2.45. The first-order valence-electron chi connectivity index (χ1n) is 8.09. The zero-order valence-electron chi connectivity index (χ0n) is 15.2. The summed E-state index contributed by atoms with van der Waals surface area (Å²) in [6.45, 7) is 2.64. The van der Waals surface area contributed by atoms with Crippen molar-refractivity contribution in [2.75, 3.05) is 20.2 Å². The molecule has 0 saturated heterocycles.